The van der Waals surface area contributed by atoms with Crippen LogP contribution in [0.25, 0.3) is 0 Å². The standard InChI is InChI=1S/C48H80FN7O21/c1-25-42(77-47-41(66)40(65)38(63)33(23-49)75-47)39(64)34(24-57)76-46(25)74-26(2)37(32(59)20-27(6-3-11-53-48(51)52)44(68)56-13-5-8-30(56)45(69)70)54-43(67)28(22-36(61)62)21-31(58)29-7-4-12-55(29)35(60)9-14-71-16-18-73-19-17-72-15-10-50/h25-30,33-34,37-42,46-47,57,63-66H,3-24,50H2,1-2H3,(H,54,67)(H,61,62)(H,69,70)(H4,51,52,53)/t25?,26?,27-,28+,29?,30?,33?,34?,37-,38-,39-,40-,41?,42+,46-,47-/m0/s1. The minimum Gasteiger partial charge on any atom is -0.481 e. The Morgan fingerprint density at radius 2 is 1.40 bits per heavy atom. The summed E-state index contributed by atoms with van der Waals surface area (Å²) < 4.78 is 53.4. The van der Waals surface area contributed by atoms with E-state index in [9.17, 15) is 73.7 Å². The summed E-state index contributed by atoms with van der Waals surface area (Å²) in [7, 11) is 0. The Labute approximate surface area is 445 Å². The number of carbonyl (C=O) groups is 7. The molecule has 7 unspecified atom stereocenters. The first-order valence-electron chi connectivity index (χ1n) is 26.0. The first-order valence-corrected chi connectivity index (χ1v) is 26.0. The quantitative estimate of drug-likeness (QED) is 0.0166. The number of Topliss-reactive ketones (excluding diaryl/α,β-unsaturated/α-hetero) is 2. The highest BCUT2D eigenvalue weighted by molar-refractivity contribution is 5.97. The molecule has 0 aliphatic carbocycles. The lowest BCUT2D eigenvalue weighted by molar-refractivity contribution is -0.353. The van der Waals surface area contributed by atoms with E-state index >= 15 is 0 Å². The maximum atomic E-state index is 14.8. The van der Waals surface area contributed by atoms with Crippen LogP contribution in [-0.2, 0) is 66.7 Å². The Morgan fingerprint density at radius 1 is 0.779 bits per heavy atom. The van der Waals surface area contributed by atoms with E-state index in [4.69, 9.17) is 50.4 Å². The number of aliphatic carboxylic acids is 2. The van der Waals surface area contributed by atoms with Gasteiger partial charge in [0.05, 0.1) is 83.3 Å². The molecule has 29 heteroatoms. The molecule has 0 bridgehead atoms. The third-order valence-electron chi connectivity index (χ3n) is 14.0. The maximum Gasteiger partial charge on any atom is 0.326 e. The molecule has 0 radical (unpaired) electrons. The van der Waals surface area contributed by atoms with Gasteiger partial charge in [0.15, 0.2) is 30.1 Å². The molecule has 4 saturated heterocycles. The van der Waals surface area contributed by atoms with E-state index < -0.39 is 171 Å². The van der Waals surface area contributed by atoms with E-state index in [1.807, 2.05) is 0 Å². The van der Waals surface area contributed by atoms with Crippen molar-refractivity contribution in [3.63, 3.8) is 0 Å². The van der Waals surface area contributed by atoms with Crippen molar-refractivity contribution >= 4 is 47.2 Å². The van der Waals surface area contributed by atoms with Gasteiger partial charge in [-0.15, -0.1) is 0 Å². The minimum absolute atomic E-state index is 0.0115. The summed E-state index contributed by atoms with van der Waals surface area (Å²) in [6.07, 6.45) is -18.1. The lowest BCUT2D eigenvalue weighted by Gasteiger charge is -2.47. The molecule has 0 aromatic carbocycles. The zero-order chi connectivity index (χ0) is 56.9. The number of aliphatic imine (C=N–C) groups is 1. The number of alkyl halides is 1. The van der Waals surface area contributed by atoms with Gasteiger partial charge in [0.2, 0.25) is 17.7 Å². The van der Waals surface area contributed by atoms with Crippen LogP contribution in [0.2, 0.25) is 0 Å². The zero-order valence-corrected chi connectivity index (χ0v) is 43.6. The van der Waals surface area contributed by atoms with Crippen LogP contribution in [0, 0.1) is 17.8 Å². The SMILES string of the molecule is CC(O[C@H]1OC(CO)[C@H](O)[C@H](O[C@@H]2OC(CF)[C@H](O)[C@H](O)C2O)C1C)[C@H](NC(=O)[C@@H](CC(=O)O)CC(=O)C1CCCN1C(=O)CCOCCOCCOCCN)C(=O)C[C@H](CCCN=C(N)N)C(=O)N1CCCC1C(=O)O. The van der Waals surface area contributed by atoms with E-state index in [1.165, 1.54) is 18.7 Å². The van der Waals surface area contributed by atoms with Crippen LogP contribution in [0.5, 0.6) is 0 Å². The van der Waals surface area contributed by atoms with Crippen LogP contribution in [-0.4, -0.2) is 251 Å². The van der Waals surface area contributed by atoms with Crippen molar-refractivity contribution < 1.29 is 107 Å². The predicted molar refractivity (Wildman–Crippen MR) is 263 cm³/mol. The number of carboxylic acid groups (broad SMARTS) is 2. The fraction of sp³-hybridized carbons (Fsp3) is 0.833. The number of nitrogens with zero attached hydrogens (tertiary/aromatic N) is 3. The number of nitrogens with one attached hydrogen (secondary N) is 1. The summed E-state index contributed by atoms with van der Waals surface area (Å²) in [5.74, 6) is -10.7. The van der Waals surface area contributed by atoms with Crippen molar-refractivity contribution in [3.05, 3.63) is 0 Å². The Hall–Kier alpha value is -4.63. The summed E-state index contributed by atoms with van der Waals surface area (Å²) in [5.41, 5.74) is 16.4. The van der Waals surface area contributed by atoms with Gasteiger partial charge in [-0.25, -0.2) is 9.18 Å². The number of carbonyl (C=O) groups excluding carboxylic acids is 5. The van der Waals surface area contributed by atoms with Gasteiger partial charge in [0, 0.05) is 50.9 Å². The summed E-state index contributed by atoms with van der Waals surface area (Å²) in [6, 6.07) is -4.01. The molecule has 4 rings (SSSR count). The summed E-state index contributed by atoms with van der Waals surface area (Å²) in [5, 5.41) is 75.3. The number of rotatable bonds is 34. The number of likely N-dealkylation sites (tertiary alicyclic amines) is 2. The Balaban J connectivity index is 1.60. The third-order valence-corrected chi connectivity index (χ3v) is 14.0. The van der Waals surface area contributed by atoms with Crippen molar-refractivity contribution in [2.45, 2.75) is 158 Å². The van der Waals surface area contributed by atoms with E-state index in [0.29, 0.717) is 39.2 Å². The highest BCUT2D eigenvalue weighted by atomic mass is 19.1. The molecule has 16 atom stereocenters. The second kappa shape index (κ2) is 32.4. The van der Waals surface area contributed by atoms with E-state index in [-0.39, 0.29) is 77.5 Å². The molecule has 77 heavy (non-hydrogen) atoms. The predicted octanol–water partition coefficient (Wildman–Crippen LogP) is -4.10. The molecule has 0 aromatic heterocycles. The van der Waals surface area contributed by atoms with Gasteiger partial charge >= 0.3 is 11.9 Å². The molecule has 4 fully saturated rings. The molecule has 0 aromatic rings. The molecule has 440 valence electrons. The van der Waals surface area contributed by atoms with Crippen LogP contribution >= 0.6 is 0 Å². The number of aliphatic hydroxyl groups excluding tert-OH is 5. The van der Waals surface area contributed by atoms with E-state index in [1.54, 1.807) is 0 Å². The Bertz CT molecular complexity index is 1960. The molecule has 4 aliphatic heterocycles. The monoisotopic (exact) mass is 1110 g/mol. The topological polar surface area (TPSA) is 435 Å². The average Bonchev–Trinajstić information content (AvgIpc) is 4.10. The second-order valence-electron chi connectivity index (χ2n) is 19.6. The largest absolute Gasteiger partial charge is 0.481 e. The highest BCUT2D eigenvalue weighted by Gasteiger charge is 2.51. The number of guanidine groups is 1. The van der Waals surface area contributed by atoms with Gasteiger partial charge in [-0.2, -0.15) is 0 Å². The zero-order valence-electron chi connectivity index (χ0n) is 43.6. The molecule has 0 spiro atoms. The second-order valence-corrected chi connectivity index (χ2v) is 19.6. The molecule has 0 saturated carbocycles. The first-order chi connectivity index (χ1) is 36.6. The van der Waals surface area contributed by atoms with Gasteiger partial charge in [-0.05, 0) is 45.4 Å². The number of aliphatic hydroxyl groups is 5. The number of carboxylic acids is 2. The van der Waals surface area contributed by atoms with Crippen molar-refractivity contribution in [1.29, 1.82) is 0 Å². The van der Waals surface area contributed by atoms with Crippen LogP contribution in [0.1, 0.15) is 78.1 Å². The lowest BCUT2D eigenvalue weighted by Crippen LogP contribution is -2.63. The van der Waals surface area contributed by atoms with Gasteiger partial charge < -0.3 is 101 Å². The average molecular weight is 1110 g/mol. The molecule has 4 heterocycles. The Morgan fingerprint density at radius 3 is 2.01 bits per heavy atom. The molecular formula is C48H80FN7O21. The molecule has 28 nitrogen and oxygen atoms in total. The Kier molecular flexibility index (Phi) is 27.3. The highest BCUT2D eigenvalue weighted by Crippen LogP contribution is 2.34. The van der Waals surface area contributed by atoms with Gasteiger partial charge in [0.1, 0.15) is 55.4 Å². The van der Waals surface area contributed by atoms with Gasteiger partial charge in [-0.3, -0.25) is 33.8 Å². The van der Waals surface area contributed by atoms with Crippen LogP contribution in [0.3, 0.4) is 0 Å². The van der Waals surface area contributed by atoms with Gasteiger partial charge in [-0.1, -0.05) is 6.92 Å². The lowest BCUT2D eigenvalue weighted by atomic mass is 9.89. The minimum atomic E-state index is -1.96. The first kappa shape index (κ1) is 64.9. The normalized spacial score (nSPS) is 29.1. The van der Waals surface area contributed by atoms with Crippen molar-refractivity contribution in [2.75, 3.05) is 79.1 Å². The fourth-order valence-electron chi connectivity index (χ4n) is 9.82. The number of nitrogens with two attached hydrogens (primary N) is 3. The smallest absolute Gasteiger partial charge is 0.326 e. The molecule has 3 amide bonds. The number of hydrogen-bond acceptors (Lipinski definition) is 21. The van der Waals surface area contributed by atoms with Crippen LogP contribution in [0.15, 0.2) is 4.99 Å². The fourth-order valence-corrected chi connectivity index (χ4v) is 9.82. The summed E-state index contributed by atoms with van der Waals surface area (Å²) in [6.45, 7) is 2.73. The van der Waals surface area contributed by atoms with Crippen molar-refractivity contribution in [1.82, 2.24) is 15.1 Å². The third kappa shape index (κ3) is 19.0. The molecule has 14 N–H and O–H groups in total. The van der Waals surface area contributed by atoms with E-state index in [2.05, 4.69) is 10.3 Å². The van der Waals surface area contributed by atoms with Crippen molar-refractivity contribution in [2.24, 2.45) is 39.9 Å². The van der Waals surface area contributed by atoms with E-state index in [0.717, 1.165) is 4.90 Å². The maximum absolute atomic E-state index is 14.8. The van der Waals surface area contributed by atoms with Gasteiger partial charge in [0.25, 0.3) is 0 Å². The number of ether oxygens (including phenoxy) is 7. The molecule has 4 aliphatic rings. The summed E-state index contributed by atoms with van der Waals surface area (Å²) in [4.78, 5) is 102. The van der Waals surface area contributed by atoms with Crippen molar-refractivity contribution in [3.8, 4) is 0 Å². The number of amides is 3. The number of ketones is 2. The molecular weight excluding hydrogens is 1030 g/mol. The number of hydrogen-bond donors (Lipinski definition) is 11. The van der Waals surface area contributed by atoms with Crippen LogP contribution < -0.4 is 22.5 Å². The van der Waals surface area contributed by atoms with Crippen LogP contribution in [0.4, 0.5) is 4.39 Å². The number of halogens is 1. The summed E-state index contributed by atoms with van der Waals surface area (Å²) >= 11 is 0.